The summed E-state index contributed by atoms with van der Waals surface area (Å²) in [5.41, 5.74) is 0.532. The molecule has 1 aromatic carbocycles. The number of nitriles is 1. The molecule has 0 atom stereocenters. The SMILES string of the molecule is C#CCNC(=O)/C(C#N)=c1\s/c(=C/Nc2cccc(NC(=O)CN3COCC3(C)C)c2)c(=O)n1CC. The smallest absolute Gasteiger partial charge is 0.270 e. The number of terminal acetylenes is 1. The summed E-state index contributed by atoms with van der Waals surface area (Å²) in [6.45, 7) is 7.25. The monoisotopic (exact) mass is 508 g/mol. The summed E-state index contributed by atoms with van der Waals surface area (Å²) >= 11 is 1.03. The first kappa shape index (κ1) is 26.7. The highest BCUT2D eigenvalue weighted by Gasteiger charge is 2.34. The molecule has 0 bridgehead atoms. The maximum Gasteiger partial charge on any atom is 0.270 e. The first-order chi connectivity index (χ1) is 17.2. The number of ether oxygens (including phenoxy) is 1. The van der Waals surface area contributed by atoms with E-state index in [4.69, 9.17) is 11.2 Å². The molecule has 1 aromatic heterocycles. The van der Waals surface area contributed by atoms with Crippen LogP contribution < -0.4 is 30.7 Å². The predicted octanol–water partition coefficient (Wildman–Crippen LogP) is 0.210. The van der Waals surface area contributed by atoms with Crippen LogP contribution in [0, 0.1) is 23.7 Å². The van der Waals surface area contributed by atoms with Crippen LogP contribution in [-0.4, -0.2) is 53.2 Å². The van der Waals surface area contributed by atoms with Gasteiger partial charge in [-0.25, -0.2) is 0 Å². The van der Waals surface area contributed by atoms with Gasteiger partial charge in [0.2, 0.25) is 5.91 Å². The molecule has 2 amide bonds. The first-order valence-corrected chi connectivity index (χ1v) is 12.1. The fourth-order valence-corrected chi connectivity index (χ4v) is 4.64. The molecule has 1 aliphatic heterocycles. The van der Waals surface area contributed by atoms with E-state index in [2.05, 4.69) is 21.9 Å². The maximum atomic E-state index is 12.9. The largest absolute Gasteiger partial charge is 0.364 e. The standard InChI is InChI=1S/C25H28N6O4S/c1-5-10-27-22(33)19(12-26)24-31(6-2)23(34)20(36-24)13-28-17-8-7-9-18(11-17)29-21(32)14-30-16-35-15-25(30,3)4/h1,7-9,11,13,28H,6,10,14-16H2,2-4H3,(H,27,33)(H,29,32)/b20-13+,24-19-. The zero-order chi connectivity index (χ0) is 26.3. The Hall–Kier alpha value is -3.90. The minimum absolute atomic E-state index is 0.0251. The summed E-state index contributed by atoms with van der Waals surface area (Å²) < 4.78 is 7.39. The van der Waals surface area contributed by atoms with Gasteiger partial charge in [0, 0.05) is 29.7 Å². The van der Waals surface area contributed by atoms with Crippen molar-refractivity contribution in [3.63, 3.8) is 0 Å². The summed E-state index contributed by atoms with van der Waals surface area (Å²) in [5, 5.41) is 17.9. The van der Waals surface area contributed by atoms with Crippen molar-refractivity contribution in [1.82, 2.24) is 14.8 Å². The Morgan fingerprint density at radius 3 is 2.72 bits per heavy atom. The summed E-state index contributed by atoms with van der Waals surface area (Å²) in [6, 6.07) is 8.95. The van der Waals surface area contributed by atoms with Gasteiger partial charge in [0.15, 0.2) is 5.57 Å². The number of carbonyl (C=O) groups is 2. The van der Waals surface area contributed by atoms with Gasteiger partial charge < -0.3 is 20.7 Å². The van der Waals surface area contributed by atoms with Gasteiger partial charge in [-0.15, -0.1) is 17.8 Å². The van der Waals surface area contributed by atoms with E-state index in [9.17, 15) is 19.6 Å². The van der Waals surface area contributed by atoms with E-state index in [1.54, 1.807) is 31.2 Å². The minimum atomic E-state index is -0.634. The number of hydrogen-bond donors (Lipinski definition) is 3. The number of aromatic nitrogens is 1. The molecular weight excluding hydrogens is 480 g/mol. The Balaban J connectivity index is 1.81. The molecular formula is C25H28N6O4S. The number of nitrogens with one attached hydrogen (secondary N) is 3. The van der Waals surface area contributed by atoms with Crippen molar-refractivity contribution in [2.24, 2.45) is 0 Å². The van der Waals surface area contributed by atoms with Crippen molar-refractivity contribution in [3.8, 4) is 18.4 Å². The third kappa shape index (κ3) is 6.20. The lowest BCUT2D eigenvalue weighted by molar-refractivity contribution is -0.118. The zero-order valence-corrected chi connectivity index (χ0v) is 21.2. The Labute approximate surface area is 212 Å². The fraction of sp³-hybridized carbons (Fsp3) is 0.360. The normalized spacial score (nSPS) is 16.1. The molecule has 188 valence electrons. The highest BCUT2D eigenvalue weighted by atomic mass is 32.1. The van der Waals surface area contributed by atoms with Gasteiger partial charge in [-0.2, -0.15) is 5.26 Å². The van der Waals surface area contributed by atoms with Crippen LogP contribution in [0.25, 0.3) is 11.8 Å². The van der Waals surface area contributed by atoms with Crippen LogP contribution in [0.3, 0.4) is 0 Å². The molecule has 0 saturated carbocycles. The van der Waals surface area contributed by atoms with Gasteiger partial charge >= 0.3 is 0 Å². The molecule has 0 spiro atoms. The van der Waals surface area contributed by atoms with E-state index >= 15 is 0 Å². The third-order valence-corrected chi connectivity index (χ3v) is 6.67. The Kier molecular flexibility index (Phi) is 8.67. The number of anilines is 2. The highest BCUT2D eigenvalue weighted by molar-refractivity contribution is 7.07. The minimum Gasteiger partial charge on any atom is -0.364 e. The number of thiazole rings is 1. The molecule has 1 saturated heterocycles. The second-order valence-corrected chi connectivity index (χ2v) is 9.63. The second-order valence-electron chi connectivity index (χ2n) is 8.60. The van der Waals surface area contributed by atoms with Crippen LogP contribution in [0.2, 0.25) is 0 Å². The number of benzene rings is 1. The van der Waals surface area contributed by atoms with Crippen LogP contribution in [0.4, 0.5) is 11.4 Å². The van der Waals surface area contributed by atoms with Crippen molar-refractivity contribution in [2.45, 2.75) is 32.9 Å². The van der Waals surface area contributed by atoms with E-state index in [1.807, 2.05) is 24.8 Å². The van der Waals surface area contributed by atoms with E-state index < -0.39 is 5.91 Å². The Morgan fingerprint density at radius 1 is 1.33 bits per heavy atom. The summed E-state index contributed by atoms with van der Waals surface area (Å²) in [7, 11) is 0. The summed E-state index contributed by atoms with van der Waals surface area (Å²) in [6.07, 6.45) is 6.68. The van der Waals surface area contributed by atoms with Gasteiger partial charge in [0.05, 0.1) is 19.7 Å². The van der Waals surface area contributed by atoms with Crippen molar-refractivity contribution in [2.75, 3.05) is 37.1 Å². The lowest BCUT2D eigenvalue weighted by Crippen LogP contribution is -2.44. The average Bonchev–Trinajstić information content (AvgIpc) is 3.34. The molecule has 0 radical (unpaired) electrons. The number of amides is 2. The van der Waals surface area contributed by atoms with Crippen LogP contribution in [-0.2, 0) is 20.9 Å². The number of nitrogens with zero attached hydrogens (tertiary/aromatic N) is 3. The molecule has 10 nitrogen and oxygen atoms in total. The summed E-state index contributed by atoms with van der Waals surface area (Å²) in [5.74, 6) is 1.49. The molecule has 0 unspecified atom stereocenters. The van der Waals surface area contributed by atoms with E-state index in [0.717, 1.165) is 11.3 Å². The molecule has 3 N–H and O–H groups in total. The van der Waals surface area contributed by atoms with Crippen molar-refractivity contribution in [1.29, 1.82) is 5.26 Å². The predicted molar refractivity (Wildman–Crippen MR) is 139 cm³/mol. The zero-order valence-electron chi connectivity index (χ0n) is 20.4. The molecule has 2 aromatic rings. The van der Waals surface area contributed by atoms with Gasteiger partial charge in [0.25, 0.3) is 11.5 Å². The maximum absolute atomic E-state index is 12.9. The lowest BCUT2D eigenvalue weighted by atomic mass is 10.1. The van der Waals surface area contributed by atoms with Crippen molar-refractivity contribution < 1.29 is 14.3 Å². The molecule has 36 heavy (non-hydrogen) atoms. The number of rotatable bonds is 8. The second kappa shape index (κ2) is 11.7. The molecule has 1 aliphatic rings. The molecule has 1 fully saturated rings. The Bertz CT molecular complexity index is 1410. The van der Waals surface area contributed by atoms with Gasteiger partial charge in [0.1, 0.15) is 22.0 Å². The van der Waals surface area contributed by atoms with Crippen LogP contribution in [0.15, 0.2) is 29.1 Å². The third-order valence-electron chi connectivity index (χ3n) is 5.54. The van der Waals surface area contributed by atoms with Gasteiger partial charge in [-0.3, -0.25) is 23.9 Å². The highest BCUT2D eigenvalue weighted by Crippen LogP contribution is 2.21. The molecule has 2 heterocycles. The summed E-state index contributed by atoms with van der Waals surface area (Å²) in [4.78, 5) is 39.7. The van der Waals surface area contributed by atoms with Crippen LogP contribution >= 0.6 is 11.3 Å². The van der Waals surface area contributed by atoms with Gasteiger partial charge in [-0.05, 0) is 39.0 Å². The lowest BCUT2D eigenvalue weighted by Gasteiger charge is -2.28. The van der Waals surface area contributed by atoms with Crippen molar-refractivity contribution in [3.05, 3.63) is 43.8 Å². The Morgan fingerprint density at radius 2 is 2.08 bits per heavy atom. The molecule has 11 heteroatoms. The first-order valence-electron chi connectivity index (χ1n) is 11.2. The molecule has 3 rings (SSSR count). The van der Waals surface area contributed by atoms with Crippen molar-refractivity contribution >= 4 is 46.3 Å². The number of carbonyl (C=O) groups excluding carboxylic acids is 2. The van der Waals surface area contributed by atoms with E-state index in [0.29, 0.717) is 29.2 Å². The van der Waals surface area contributed by atoms with Gasteiger partial charge in [-0.1, -0.05) is 12.0 Å². The quantitative estimate of drug-likeness (QED) is 0.435. The topological polar surface area (TPSA) is 128 Å². The van der Waals surface area contributed by atoms with E-state index in [1.165, 1.54) is 10.8 Å². The molecule has 0 aliphatic carbocycles. The van der Waals surface area contributed by atoms with Crippen LogP contribution in [0.1, 0.15) is 20.8 Å². The number of hydrogen-bond acceptors (Lipinski definition) is 8. The van der Waals surface area contributed by atoms with Crippen LogP contribution in [0.5, 0.6) is 0 Å². The average molecular weight is 509 g/mol. The van der Waals surface area contributed by atoms with E-state index in [-0.39, 0.29) is 46.9 Å². The fourth-order valence-electron chi connectivity index (χ4n) is 3.55.